The lowest BCUT2D eigenvalue weighted by atomic mass is 10.00. The summed E-state index contributed by atoms with van der Waals surface area (Å²) in [7, 11) is 0. The molecule has 0 spiro atoms. The third-order valence-electron chi connectivity index (χ3n) is 7.31. The first-order chi connectivity index (χ1) is 26.2. The number of benzene rings is 3. The van der Waals surface area contributed by atoms with Gasteiger partial charge in [-0.2, -0.15) is 0 Å². The largest absolute Gasteiger partial charge is 0.492 e. The third kappa shape index (κ3) is 15.5. The van der Waals surface area contributed by atoms with Gasteiger partial charge in [-0.3, -0.25) is 20.3 Å². The van der Waals surface area contributed by atoms with Gasteiger partial charge in [-0.25, -0.2) is 14.0 Å². The highest BCUT2D eigenvalue weighted by Gasteiger charge is 2.21. The lowest BCUT2D eigenvalue weighted by Gasteiger charge is -2.21. The van der Waals surface area contributed by atoms with Crippen LogP contribution < -0.4 is 30.7 Å². The Morgan fingerprint density at radius 2 is 1.54 bits per heavy atom. The van der Waals surface area contributed by atoms with Gasteiger partial charge in [0.1, 0.15) is 41.0 Å². The normalized spacial score (nSPS) is 11.3. The minimum Gasteiger partial charge on any atom is -0.492 e. The summed E-state index contributed by atoms with van der Waals surface area (Å²) >= 11 is 0. The molecule has 0 fully saturated rings. The number of nitrogens with one attached hydrogen (secondary N) is 5. The molecule has 0 unspecified atom stereocenters. The Morgan fingerprint density at radius 1 is 0.875 bits per heavy atom. The van der Waals surface area contributed by atoms with Crippen LogP contribution in [0.25, 0.3) is 0 Å². The van der Waals surface area contributed by atoms with Crippen molar-refractivity contribution in [3.05, 3.63) is 82.7 Å². The highest BCUT2D eigenvalue weighted by molar-refractivity contribution is 6.08. The van der Waals surface area contributed by atoms with Gasteiger partial charge in [0.05, 0.1) is 24.8 Å². The second-order valence-corrected chi connectivity index (χ2v) is 14.9. The van der Waals surface area contributed by atoms with Gasteiger partial charge in [0.25, 0.3) is 5.91 Å². The van der Waals surface area contributed by atoms with E-state index in [9.17, 15) is 23.6 Å². The molecule has 0 radical (unpaired) electrons. The van der Waals surface area contributed by atoms with Crippen molar-refractivity contribution < 1.29 is 47.3 Å². The van der Waals surface area contributed by atoms with Crippen LogP contribution in [-0.2, 0) is 32.0 Å². The summed E-state index contributed by atoms with van der Waals surface area (Å²) in [5, 5.41) is 19.2. The summed E-state index contributed by atoms with van der Waals surface area (Å²) in [6, 6.07) is 13.4. The smallest absolute Gasteiger partial charge is 0.413 e. The molecule has 0 atom stereocenters. The Bertz CT molecular complexity index is 1850. The monoisotopic (exact) mass is 779 g/mol. The molecule has 56 heavy (non-hydrogen) atoms. The first-order valence-electron chi connectivity index (χ1n) is 18.3. The van der Waals surface area contributed by atoms with Crippen LogP contribution in [0.3, 0.4) is 0 Å². The summed E-state index contributed by atoms with van der Waals surface area (Å²) in [6.07, 6.45) is -1.22. The van der Waals surface area contributed by atoms with E-state index in [-0.39, 0.29) is 62.6 Å². The van der Waals surface area contributed by atoms with Crippen molar-refractivity contribution in [2.24, 2.45) is 0 Å². The Kier molecular flexibility index (Phi) is 16.0. The standard InChI is InChI=1S/C41H54FN5O9/c1-10-52-35(48)18-16-31-27(21-30(23-34(31)54-25(2)3)53-20-19-44-38(50)55-40(4,5)6)24-45-33-17-13-28(42)22-32(33)37(49)46-29-14-11-26(12-15-29)36(43)47-39(51)56-41(7,8)9/h11-15,17,21-23,25,45H,10,16,18-20,24H2,1-9H3,(H,44,50)(H,46,49)(H2,43,47,51). The zero-order chi connectivity index (χ0) is 41.6. The quantitative estimate of drug-likeness (QED) is 0.0317. The third-order valence-corrected chi connectivity index (χ3v) is 7.31. The Balaban J connectivity index is 1.84. The predicted molar refractivity (Wildman–Crippen MR) is 211 cm³/mol. The summed E-state index contributed by atoms with van der Waals surface area (Å²) in [6.45, 7) is 16.5. The van der Waals surface area contributed by atoms with Crippen LogP contribution >= 0.6 is 0 Å². The molecule has 0 aromatic heterocycles. The van der Waals surface area contributed by atoms with E-state index in [1.165, 1.54) is 24.3 Å². The van der Waals surface area contributed by atoms with Gasteiger partial charge in [0.2, 0.25) is 0 Å². The number of carbonyl (C=O) groups is 4. The number of rotatable bonds is 16. The van der Waals surface area contributed by atoms with E-state index >= 15 is 0 Å². The van der Waals surface area contributed by atoms with Crippen molar-refractivity contribution >= 4 is 41.3 Å². The average molecular weight is 780 g/mol. The zero-order valence-electron chi connectivity index (χ0n) is 33.6. The lowest BCUT2D eigenvalue weighted by Crippen LogP contribution is -2.36. The molecule has 0 aliphatic carbocycles. The summed E-state index contributed by atoms with van der Waals surface area (Å²) in [5.41, 5.74) is 1.06. The molecular weight excluding hydrogens is 725 g/mol. The molecule has 0 aliphatic heterocycles. The fourth-order valence-corrected chi connectivity index (χ4v) is 5.10. The first-order valence-corrected chi connectivity index (χ1v) is 18.3. The van der Waals surface area contributed by atoms with E-state index in [0.717, 1.165) is 6.07 Å². The SMILES string of the molecule is CCOC(=O)CCc1c(CNc2ccc(F)cc2C(=O)Nc2ccc(C(=N)NC(=O)OC(C)(C)C)cc2)cc(OCCNC(=O)OC(C)(C)C)cc1OC(C)C. The van der Waals surface area contributed by atoms with Crippen molar-refractivity contribution in [1.82, 2.24) is 10.6 Å². The molecule has 5 N–H and O–H groups in total. The Hall–Kier alpha value is -5.86. The van der Waals surface area contributed by atoms with Gasteiger partial charge in [-0.05, 0) is 128 Å². The van der Waals surface area contributed by atoms with Gasteiger partial charge >= 0.3 is 18.2 Å². The van der Waals surface area contributed by atoms with Crippen LogP contribution in [0.2, 0.25) is 0 Å². The van der Waals surface area contributed by atoms with Crippen LogP contribution in [0.4, 0.5) is 25.4 Å². The van der Waals surface area contributed by atoms with Gasteiger partial charge in [0, 0.05) is 36.0 Å². The van der Waals surface area contributed by atoms with Crippen molar-refractivity contribution in [2.75, 3.05) is 30.4 Å². The minimum atomic E-state index is -0.771. The highest BCUT2D eigenvalue weighted by Crippen LogP contribution is 2.32. The van der Waals surface area contributed by atoms with E-state index in [1.807, 2.05) is 13.8 Å². The zero-order valence-corrected chi connectivity index (χ0v) is 33.6. The van der Waals surface area contributed by atoms with Gasteiger partial charge < -0.3 is 39.6 Å². The predicted octanol–water partition coefficient (Wildman–Crippen LogP) is 7.73. The Labute approximate surface area is 327 Å². The first kappa shape index (κ1) is 44.5. The van der Waals surface area contributed by atoms with Gasteiger partial charge in [-0.1, -0.05) is 0 Å². The van der Waals surface area contributed by atoms with Crippen LogP contribution in [0.5, 0.6) is 11.5 Å². The number of esters is 1. The number of hydrogen-bond acceptors (Lipinski definition) is 11. The topological polar surface area (TPSA) is 186 Å². The van der Waals surface area contributed by atoms with E-state index in [1.54, 1.807) is 72.7 Å². The molecule has 3 aromatic carbocycles. The van der Waals surface area contributed by atoms with Crippen molar-refractivity contribution in [2.45, 2.75) is 99.0 Å². The number of anilines is 2. The number of hydrogen-bond donors (Lipinski definition) is 5. The van der Waals surface area contributed by atoms with E-state index in [2.05, 4.69) is 21.3 Å². The minimum absolute atomic E-state index is 0.0146. The molecule has 0 aliphatic rings. The summed E-state index contributed by atoms with van der Waals surface area (Å²) in [4.78, 5) is 50.1. The van der Waals surface area contributed by atoms with Crippen molar-refractivity contribution in [3.63, 3.8) is 0 Å². The summed E-state index contributed by atoms with van der Waals surface area (Å²) in [5.74, 6) is -0.897. The van der Waals surface area contributed by atoms with Crippen LogP contribution in [0.15, 0.2) is 54.6 Å². The maximum atomic E-state index is 14.6. The van der Waals surface area contributed by atoms with Crippen molar-refractivity contribution in [3.8, 4) is 11.5 Å². The molecule has 14 nitrogen and oxygen atoms in total. The molecule has 0 saturated carbocycles. The molecule has 0 saturated heterocycles. The fraction of sp³-hybridized carbons (Fsp3) is 0.439. The van der Waals surface area contributed by atoms with Gasteiger partial charge in [-0.15, -0.1) is 0 Å². The number of amides is 3. The number of halogens is 1. The van der Waals surface area contributed by atoms with Crippen molar-refractivity contribution in [1.29, 1.82) is 5.41 Å². The number of alkyl carbamates (subject to hydrolysis) is 2. The van der Waals surface area contributed by atoms with Gasteiger partial charge in [0.15, 0.2) is 0 Å². The molecule has 3 aromatic rings. The highest BCUT2D eigenvalue weighted by atomic mass is 19.1. The second kappa shape index (κ2) is 20.2. The van der Waals surface area contributed by atoms with Crippen LogP contribution in [0, 0.1) is 11.2 Å². The lowest BCUT2D eigenvalue weighted by molar-refractivity contribution is -0.143. The molecule has 15 heteroatoms. The van der Waals surface area contributed by atoms with E-state index in [0.29, 0.717) is 39.6 Å². The Morgan fingerprint density at radius 3 is 2.16 bits per heavy atom. The maximum absolute atomic E-state index is 14.6. The molecule has 3 rings (SSSR count). The van der Waals surface area contributed by atoms with Crippen LogP contribution in [0.1, 0.15) is 95.8 Å². The fourth-order valence-electron chi connectivity index (χ4n) is 5.10. The number of carbonyl (C=O) groups excluding carboxylic acids is 4. The van der Waals surface area contributed by atoms with E-state index in [4.69, 9.17) is 29.1 Å². The average Bonchev–Trinajstić information content (AvgIpc) is 3.07. The molecular formula is C41H54FN5O9. The van der Waals surface area contributed by atoms with Crippen LogP contribution in [-0.4, -0.2) is 67.0 Å². The molecule has 0 bridgehead atoms. The summed E-state index contributed by atoms with van der Waals surface area (Å²) < 4.78 is 42.4. The second-order valence-electron chi connectivity index (χ2n) is 14.9. The maximum Gasteiger partial charge on any atom is 0.413 e. The molecule has 0 heterocycles. The molecule has 304 valence electrons. The number of ether oxygens (including phenoxy) is 5. The van der Waals surface area contributed by atoms with E-state index < -0.39 is 35.1 Å². The number of amidine groups is 1. The molecule has 3 amide bonds.